The molecule has 0 aliphatic rings. The van der Waals surface area contributed by atoms with Crippen LogP contribution in [0, 0.1) is 5.82 Å². The number of benzene rings is 1. The number of rotatable bonds is 8. The van der Waals surface area contributed by atoms with Gasteiger partial charge >= 0.3 is 0 Å². The molecule has 0 radical (unpaired) electrons. The highest BCUT2D eigenvalue weighted by Gasteiger charge is 2.13. The Kier molecular flexibility index (Phi) is 6.99. The van der Waals surface area contributed by atoms with Crippen LogP contribution in [-0.2, 0) is 17.8 Å². The highest BCUT2D eigenvalue weighted by atomic mass is 19.1. The zero-order chi connectivity index (χ0) is 14.3. The number of ether oxygens (including phenoxy) is 1. The van der Waals surface area contributed by atoms with E-state index in [0.29, 0.717) is 19.2 Å². The Morgan fingerprint density at radius 2 is 2.11 bits per heavy atom. The van der Waals surface area contributed by atoms with E-state index >= 15 is 0 Å². The first kappa shape index (κ1) is 16.1. The van der Waals surface area contributed by atoms with Gasteiger partial charge in [-0.15, -0.1) is 0 Å². The molecule has 0 spiro atoms. The summed E-state index contributed by atoms with van der Waals surface area (Å²) in [6.45, 7) is 7.08. The van der Waals surface area contributed by atoms with E-state index in [1.165, 1.54) is 0 Å². The van der Waals surface area contributed by atoms with Crippen molar-refractivity contribution in [1.82, 2.24) is 10.2 Å². The topological polar surface area (TPSA) is 24.5 Å². The molecule has 0 saturated carbocycles. The average Bonchev–Trinajstić information content (AvgIpc) is 2.38. The van der Waals surface area contributed by atoms with Crippen molar-refractivity contribution in [1.29, 1.82) is 0 Å². The van der Waals surface area contributed by atoms with E-state index in [1.54, 1.807) is 13.2 Å². The third kappa shape index (κ3) is 5.27. The number of hydrogen-bond donors (Lipinski definition) is 1. The van der Waals surface area contributed by atoms with Gasteiger partial charge in [-0.25, -0.2) is 4.39 Å². The maximum Gasteiger partial charge on any atom is 0.127 e. The number of hydrogen-bond acceptors (Lipinski definition) is 3. The van der Waals surface area contributed by atoms with Crippen LogP contribution < -0.4 is 5.32 Å². The first-order chi connectivity index (χ1) is 9.08. The fraction of sp³-hybridized carbons (Fsp3) is 0.600. The molecule has 0 aromatic heterocycles. The lowest BCUT2D eigenvalue weighted by Gasteiger charge is -2.26. The maximum atomic E-state index is 13.9. The second kappa shape index (κ2) is 8.25. The van der Waals surface area contributed by atoms with Gasteiger partial charge < -0.3 is 10.1 Å². The van der Waals surface area contributed by atoms with Gasteiger partial charge in [-0.2, -0.15) is 0 Å². The van der Waals surface area contributed by atoms with E-state index in [9.17, 15) is 4.39 Å². The average molecular weight is 268 g/mol. The molecule has 19 heavy (non-hydrogen) atoms. The van der Waals surface area contributed by atoms with Gasteiger partial charge in [0.2, 0.25) is 0 Å². The molecular formula is C15H25FN2O. The molecule has 0 heterocycles. The van der Waals surface area contributed by atoms with Crippen molar-refractivity contribution in [2.45, 2.75) is 33.0 Å². The van der Waals surface area contributed by atoms with E-state index < -0.39 is 0 Å². The molecular weight excluding hydrogens is 243 g/mol. The van der Waals surface area contributed by atoms with Gasteiger partial charge in [0.05, 0.1) is 6.61 Å². The van der Waals surface area contributed by atoms with E-state index in [4.69, 9.17) is 4.74 Å². The molecule has 0 aliphatic carbocycles. The molecule has 1 aromatic carbocycles. The molecule has 108 valence electrons. The summed E-state index contributed by atoms with van der Waals surface area (Å²) in [6.07, 6.45) is 0. The predicted octanol–water partition coefficient (Wildman–Crippen LogP) is 2.40. The van der Waals surface area contributed by atoms with Gasteiger partial charge in [-0.05, 0) is 32.5 Å². The SMILES string of the molecule is CNCc1ccc(F)c(CN(CCOC)C(C)C)c1. The van der Waals surface area contributed by atoms with Crippen molar-refractivity contribution in [2.75, 3.05) is 27.3 Å². The molecule has 0 unspecified atom stereocenters. The summed E-state index contributed by atoms with van der Waals surface area (Å²) in [5.74, 6) is -0.136. The molecule has 0 saturated heterocycles. The van der Waals surface area contributed by atoms with Gasteiger partial charge in [0.1, 0.15) is 5.82 Å². The summed E-state index contributed by atoms with van der Waals surface area (Å²) in [5.41, 5.74) is 1.85. The summed E-state index contributed by atoms with van der Waals surface area (Å²) in [5, 5.41) is 3.08. The highest BCUT2D eigenvalue weighted by Crippen LogP contribution is 2.15. The number of halogens is 1. The summed E-state index contributed by atoms with van der Waals surface area (Å²) in [4.78, 5) is 2.21. The molecule has 0 aliphatic heterocycles. The van der Waals surface area contributed by atoms with E-state index in [0.717, 1.165) is 24.2 Å². The van der Waals surface area contributed by atoms with Crippen molar-refractivity contribution in [2.24, 2.45) is 0 Å². The van der Waals surface area contributed by atoms with Crippen molar-refractivity contribution in [3.8, 4) is 0 Å². The Labute approximate surface area is 115 Å². The van der Waals surface area contributed by atoms with E-state index in [-0.39, 0.29) is 5.82 Å². The smallest absolute Gasteiger partial charge is 0.127 e. The molecule has 0 fully saturated rings. The molecule has 0 atom stereocenters. The third-order valence-corrected chi connectivity index (χ3v) is 3.18. The van der Waals surface area contributed by atoms with E-state index in [2.05, 4.69) is 24.1 Å². The monoisotopic (exact) mass is 268 g/mol. The largest absolute Gasteiger partial charge is 0.383 e. The highest BCUT2D eigenvalue weighted by molar-refractivity contribution is 5.25. The Bertz CT molecular complexity index is 382. The molecule has 0 bridgehead atoms. The normalized spacial score (nSPS) is 11.5. The minimum Gasteiger partial charge on any atom is -0.383 e. The summed E-state index contributed by atoms with van der Waals surface area (Å²) < 4.78 is 19.0. The Hall–Kier alpha value is -0.970. The fourth-order valence-electron chi connectivity index (χ4n) is 2.01. The summed E-state index contributed by atoms with van der Waals surface area (Å²) in [7, 11) is 3.58. The first-order valence-corrected chi connectivity index (χ1v) is 6.73. The van der Waals surface area contributed by atoms with Gasteiger partial charge in [0, 0.05) is 38.3 Å². The molecule has 3 nitrogen and oxygen atoms in total. The maximum absolute atomic E-state index is 13.9. The van der Waals surface area contributed by atoms with Crippen molar-refractivity contribution >= 4 is 0 Å². The van der Waals surface area contributed by atoms with Gasteiger partial charge in [-0.1, -0.05) is 12.1 Å². The summed E-state index contributed by atoms with van der Waals surface area (Å²) >= 11 is 0. The molecule has 4 heteroatoms. The van der Waals surface area contributed by atoms with Crippen LogP contribution in [0.5, 0.6) is 0 Å². The second-order valence-corrected chi connectivity index (χ2v) is 5.01. The minimum atomic E-state index is -0.136. The Morgan fingerprint density at radius 1 is 1.37 bits per heavy atom. The third-order valence-electron chi connectivity index (χ3n) is 3.18. The van der Waals surface area contributed by atoms with Crippen LogP contribution in [0.1, 0.15) is 25.0 Å². The van der Waals surface area contributed by atoms with Crippen LogP contribution in [0.2, 0.25) is 0 Å². The van der Waals surface area contributed by atoms with Crippen LogP contribution in [0.15, 0.2) is 18.2 Å². The van der Waals surface area contributed by atoms with Crippen LogP contribution in [-0.4, -0.2) is 38.3 Å². The second-order valence-electron chi connectivity index (χ2n) is 5.01. The lowest BCUT2D eigenvalue weighted by molar-refractivity contribution is 0.124. The zero-order valence-electron chi connectivity index (χ0n) is 12.4. The number of nitrogens with zero attached hydrogens (tertiary/aromatic N) is 1. The predicted molar refractivity (Wildman–Crippen MR) is 76.6 cm³/mol. The fourth-order valence-corrected chi connectivity index (χ4v) is 2.01. The van der Waals surface area contributed by atoms with Gasteiger partial charge in [-0.3, -0.25) is 4.90 Å². The molecule has 1 N–H and O–H groups in total. The van der Waals surface area contributed by atoms with Crippen LogP contribution in [0.25, 0.3) is 0 Å². The van der Waals surface area contributed by atoms with Gasteiger partial charge in [0.25, 0.3) is 0 Å². The lowest BCUT2D eigenvalue weighted by Crippen LogP contribution is -2.33. The molecule has 0 amide bonds. The minimum absolute atomic E-state index is 0.136. The quantitative estimate of drug-likeness (QED) is 0.783. The molecule has 1 aromatic rings. The van der Waals surface area contributed by atoms with Gasteiger partial charge in [0.15, 0.2) is 0 Å². The molecule has 1 rings (SSSR count). The van der Waals surface area contributed by atoms with Crippen LogP contribution in [0.3, 0.4) is 0 Å². The van der Waals surface area contributed by atoms with Crippen LogP contribution >= 0.6 is 0 Å². The lowest BCUT2D eigenvalue weighted by atomic mass is 10.1. The van der Waals surface area contributed by atoms with Crippen molar-refractivity contribution in [3.63, 3.8) is 0 Å². The summed E-state index contributed by atoms with van der Waals surface area (Å²) in [6, 6.07) is 5.68. The zero-order valence-corrected chi connectivity index (χ0v) is 12.4. The Balaban J connectivity index is 2.79. The van der Waals surface area contributed by atoms with E-state index in [1.807, 2.05) is 19.2 Å². The van der Waals surface area contributed by atoms with Crippen LogP contribution in [0.4, 0.5) is 4.39 Å². The van der Waals surface area contributed by atoms with Crippen molar-refractivity contribution < 1.29 is 9.13 Å². The number of methoxy groups -OCH3 is 1. The first-order valence-electron chi connectivity index (χ1n) is 6.73. The number of nitrogens with one attached hydrogen (secondary N) is 1. The standard InChI is InChI=1S/C15H25FN2O/c1-12(2)18(7-8-19-4)11-14-9-13(10-17-3)5-6-15(14)16/h5-6,9,12,17H,7-8,10-11H2,1-4H3. The van der Waals surface area contributed by atoms with Crippen molar-refractivity contribution in [3.05, 3.63) is 35.1 Å². The Morgan fingerprint density at radius 3 is 2.68 bits per heavy atom.